The number of benzene rings is 1. The van der Waals surface area contributed by atoms with Gasteiger partial charge in [0.15, 0.2) is 0 Å². The van der Waals surface area contributed by atoms with Gasteiger partial charge in [-0.1, -0.05) is 54.6 Å². The van der Waals surface area contributed by atoms with Gasteiger partial charge in [0.2, 0.25) is 16.9 Å². The van der Waals surface area contributed by atoms with E-state index < -0.39 is 0 Å². The molecule has 7 nitrogen and oxygen atoms in total. The smallest absolute Gasteiger partial charge is 0.277 e. The Balaban J connectivity index is 1.54. The van der Waals surface area contributed by atoms with E-state index in [-0.39, 0.29) is 17.6 Å². The summed E-state index contributed by atoms with van der Waals surface area (Å²) >= 11 is 2.56. The van der Waals surface area contributed by atoms with Crippen LogP contribution in [0.15, 0.2) is 33.9 Å². The lowest BCUT2D eigenvalue weighted by molar-refractivity contribution is -0.113. The Labute approximate surface area is 153 Å². The van der Waals surface area contributed by atoms with Crippen LogP contribution >= 0.6 is 23.1 Å². The van der Waals surface area contributed by atoms with Crippen LogP contribution in [-0.4, -0.2) is 32.1 Å². The molecule has 0 aliphatic heterocycles. The summed E-state index contributed by atoms with van der Waals surface area (Å²) in [6.07, 6.45) is 0. The van der Waals surface area contributed by atoms with Crippen molar-refractivity contribution in [1.82, 2.24) is 20.4 Å². The first kappa shape index (κ1) is 17.6. The number of aryl methyl sites for hydroxylation is 1. The number of hydrogen-bond acceptors (Lipinski definition) is 8. The number of nitrogens with one attached hydrogen (secondary N) is 1. The summed E-state index contributed by atoms with van der Waals surface area (Å²) in [6.45, 7) is 6.08. The second-order valence-electron chi connectivity index (χ2n) is 5.68. The molecule has 0 spiro atoms. The fourth-order valence-electron chi connectivity index (χ4n) is 1.88. The molecule has 130 valence electrons. The van der Waals surface area contributed by atoms with Gasteiger partial charge in [0.1, 0.15) is 5.01 Å². The van der Waals surface area contributed by atoms with Crippen LogP contribution in [0.2, 0.25) is 0 Å². The summed E-state index contributed by atoms with van der Waals surface area (Å²) in [5.74, 6) is 0.697. The SMILES string of the molecule is Cc1ccc(-c2nnc(SCC(=O)Nc3nnc(C(C)C)s3)o2)cc1. The van der Waals surface area contributed by atoms with Crippen LogP contribution in [-0.2, 0) is 4.79 Å². The van der Waals surface area contributed by atoms with E-state index in [2.05, 4.69) is 25.7 Å². The van der Waals surface area contributed by atoms with Crippen LogP contribution in [0.5, 0.6) is 0 Å². The van der Waals surface area contributed by atoms with E-state index >= 15 is 0 Å². The van der Waals surface area contributed by atoms with Gasteiger partial charge in [-0.15, -0.1) is 20.4 Å². The van der Waals surface area contributed by atoms with Crippen molar-refractivity contribution in [3.05, 3.63) is 34.8 Å². The number of thioether (sulfide) groups is 1. The quantitative estimate of drug-likeness (QED) is 0.656. The molecule has 1 aromatic carbocycles. The van der Waals surface area contributed by atoms with E-state index in [0.29, 0.717) is 16.2 Å². The van der Waals surface area contributed by atoms with Gasteiger partial charge in [-0.25, -0.2) is 0 Å². The maximum Gasteiger partial charge on any atom is 0.277 e. The highest BCUT2D eigenvalue weighted by atomic mass is 32.2. The molecule has 0 unspecified atom stereocenters. The van der Waals surface area contributed by atoms with Crippen molar-refractivity contribution in [2.75, 3.05) is 11.1 Å². The highest BCUT2D eigenvalue weighted by molar-refractivity contribution is 7.99. The Morgan fingerprint density at radius 3 is 2.64 bits per heavy atom. The maximum absolute atomic E-state index is 12.0. The Bertz CT molecular complexity index is 858. The van der Waals surface area contributed by atoms with Crippen molar-refractivity contribution in [2.45, 2.75) is 31.9 Å². The van der Waals surface area contributed by atoms with Gasteiger partial charge in [-0.3, -0.25) is 10.1 Å². The van der Waals surface area contributed by atoms with E-state index in [1.807, 2.05) is 45.0 Å². The summed E-state index contributed by atoms with van der Waals surface area (Å²) < 4.78 is 5.58. The molecular weight excluding hydrogens is 358 g/mol. The third-order valence-electron chi connectivity index (χ3n) is 3.21. The molecule has 0 fully saturated rings. The van der Waals surface area contributed by atoms with Crippen molar-refractivity contribution < 1.29 is 9.21 Å². The molecule has 0 saturated carbocycles. The van der Waals surface area contributed by atoms with Crippen LogP contribution in [0.25, 0.3) is 11.5 Å². The molecule has 0 aliphatic carbocycles. The van der Waals surface area contributed by atoms with E-state index in [0.717, 1.165) is 16.1 Å². The Hall–Kier alpha value is -2.26. The monoisotopic (exact) mass is 375 g/mol. The molecule has 2 aromatic heterocycles. The van der Waals surface area contributed by atoms with E-state index in [4.69, 9.17) is 4.42 Å². The fraction of sp³-hybridized carbons (Fsp3) is 0.312. The Morgan fingerprint density at radius 1 is 1.20 bits per heavy atom. The number of nitrogens with zero attached hydrogens (tertiary/aromatic N) is 4. The van der Waals surface area contributed by atoms with Crippen LogP contribution in [0.1, 0.15) is 30.3 Å². The number of carbonyl (C=O) groups excluding carboxylic acids is 1. The number of aromatic nitrogens is 4. The molecule has 0 aliphatic rings. The molecule has 1 N–H and O–H groups in total. The van der Waals surface area contributed by atoms with Gasteiger partial charge in [0, 0.05) is 11.5 Å². The first-order chi connectivity index (χ1) is 12.0. The predicted octanol–water partition coefficient (Wildman–Crippen LogP) is 3.75. The fourth-order valence-corrected chi connectivity index (χ4v) is 3.21. The number of anilines is 1. The van der Waals surface area contributed by atoms with Gasteiger partial charge >= 0.3 is 0 Å². The molecule has 3 rings (SSSR count). The zero-order chi connectivity index (χ0) is 17.8. The van der Waals surface area contributed by atoms with Crippen molar-refractivity contribution in [2.24, 2.45) is 0 Å². The van der Waals surface area contributed by atoms with Crippen molar-refractivity contribution >= 4 is 34.1 Å². The second kappa shape index (κ2) is 7.75. The highest BCUT2D eigenvalue weighted by Crippen LogP contribution is 2.25. The average Bonchev–Trinajstić information content (AvgIpc) is 3.23. The van der Waals surface area contributed by atoms with Gasteiger partial charge in [-0.05, 0) is 19.1 Å². The summed E-state index contributed by atoms with van der Waals surface area (Å²) in [6, 6.07) is 7.80. The van der Waals surface area contributed by atoms with Gasteiger partial charge in [0.05, 0.1) is 5.75 Å². The lowest BCUT2D eigenvalue weighted by Gasteiger charge is -1.98. The first-order valence-corrected chi connectivity index (χ1v) is 9.48. The molecule has 3 aromatic rings. The third-order valence-corrected chi connectivity index (χ3v) is 5.17. The zero-order valence-electron chi connectivity index (χ0n) is 14.0. The minimum absolute atomic E-state index is 0.159. The normalized spacial score (nSPS) is 11.0. The van der Waals surface area contributed by atoms with Crippen LogP contribution in [0, 0.1) is 6.92 Å². The van der Waals surface area contributed by atoms with E-state index in [1.165, 1.54) is 23.1 Å². The molecule has 25 heavy (non-hydrogen) atoms. The molecule has 2 heterocycles. The minimum Gasteiger partial charge on any atom is -0.411 e. The molecule has 0 bridgehead atoms. The zero-order valence-corrected chi connectivity index (χ0v) is 15.6. The first-order valence-electron chi connectivity index (χ1n) is 7.68. The van der Waals surface area contributed by atoms with Crippen LogP contribution in [0.3, 0.4) is 0 Å². The van der Waals surface area contributed by atoms with Gasteiger partial charge in [-0.2, -0.15) is 0 Å². The van der Waals surface area contributed by atoms with Gasteiger partial charge < -0.3 is 4.42 Å². The Morgan fingerprint density at radius 2 is 1.96 bits per heavy atom. The lowest BCUT2D eigenvalue weighted by atomic mass is 10.1. The average molecular weight is 375 g/mol. The number of amides is 1. The molecule has 9 heteroatoms. The van der Waals surface area contributed by atoms with E-state index in [1.54, 1.807) is 0 Å². The molecule has 0 atom stereocenters. The van der Waals surface area contributed by atoms with Crippen LogP contribution in [0.4, 0.5) is 5.13 Å². The van der Waals surface area contributed by atoms with Crippen LogP contribution < -0.4 is 5.32 Å². The van der Waals surface area contributed by atoms with Gasteiger partial charge in [0.25, 0.3) is 5.22 Å². The maximum atomic E-state index is 12.0. The number of carbonyl (C=O) groups is 1. The summed E-state index contributed by atoms with van der Waals surface area (Å²) in [5, 5.41) is 20.4. The lowest BCUT2D eigenvalue weighted by Crippen LogP contribution is -2.13. The van der Waals surface area contributed by atoms with Crippen molar-refractivity contribution in [1.29, 1.82) is 0 Å². The third kappa shape index (κ3) is 4.64. The van der Waals surface area contributed by atoms with Crippen molar-refractivity contribution in [3.63, 3.8) is 0 Å². The number of rotatable bonds is 6. The summed E-state index contributed by atoms with van der Waals surface area (Å²) in [4.78, 5) is 12.0. The number of hydrogen-bond donors (Lipinski definition) is 1. The largest absolute Gasteiger partial charge is 0.411 e. The second-order valence-corrected chi connectivity index (χ2v) is 7.61. The predicted molar refractivity (Wildman–Crippen MR) is 97.8 cm³/mol. The molecule has 0 radical (unpaired) electrons. The molecule has 1 amide bonds. The highest BCUT2D eigenvalue weighted by Gasteiger charge is 2.13. The summed E-state index contributed by atoms with van der Waals surface area (Å²) in [7, 11) is 0. The van der Waals surface area contributed by atoms with Crippen molar-refractivity contribution in [3.8, 4) is 11.5 Å². The minimum atomic E-state index is -0.188. The van der Waals surface area contributed by atoms with E-state index in [9.17, 15) is 4.79 Å². The summed E-state index contributed by atoms with van der Waals surface area (Å²) in [5.41, 5.74) is 2.01. The molecular formula is C16H17N5O2S2. The Kier molecular flexibility index (Phi) is 5.44. The standard InChI is InChI=1S/C16H17N5O2S2/c1-9(2)14-19-20-15(25-14)17-12(22)8-24-16-21-18-13(23-16)11-6-4-10(3)5-7-11/h4-7,9H,8H2,1-3H3,(H,17,20,22). The topological polar surface area (TPSA) is 93.8 Å². The molecule has 0 saturated heterocycles.